The maximum atomic E-state index is 5.50. The Labute approximate surface area is 102 Å². The van der Waals surface area contributed by atoms with E-state index in [2.05, 4.69) is 25.9 Å². The Morgan fingerprint density at radius 1 is 1.38 bits per heavy atom. The highest BCUT2D eigenvalue weighted by Gasteiger charge is 2.09. The van der Waals surface area contributed by atoms with Crippen molar-refractivity contribution in [2.24, 2.45) is 5.73 Å². The molecule has 0 spiro atoms. The number of hydrogen-bond acceptors (Lipinski definition) is 4. The highest BCUT2D eigenvalue weighted by molar-refractivity contribution is 9.10. The molecule has 0 saturated carbocycles. The number of halogens is 1. The fraction of sp³-hybridized carbons (Fsp3) is 0.273. The Bertz CT molecular complexity index is 516. The molecule has 2 aromatic rings. The molecule has 16 heavy (non-hydrogen) atoms. The number of aromatic nitrogens is 2. The topological polar surface area (TPSA) is 61.0 Å². The minimum absolute atomic E-state index is 0.527. The number of nitrogens with zero attached hydrogens (tertiary/aromatic N) is 2. The molecule has 1 aromatic heterocycles. The van der Waals surface area contributed by atoms with Crippen LogP contribution in [0.2, 0.25) is 0 Å². The van der Waals surface area contributed by atoms with E-state index < -0.39 is 0 Å². The highest BCUT2D eigenvalue weighted by Crippen LogP contribution is 2.27. The van der Waals surface area contributed by atoms with Crippen LogP contribution in [-0.4, -0.2) is 23.6 Å². The number of methoxy groups -OCH3 is 1. The van der Waals surface area contributed by atoms with Crippen LogP contribution in [-0.2, 0) is 6.42 Å². The predicted molar refractivity (Wildman–Crippen MR) is 66.5 cm³/mol. The highest BCUT2D eigenvalue weighted by atomic mass is 79.9. The van der Waals surface area contributed by atoms with Gasteiger partial charge < -0.3 is 10.5 Å². The van der Waals surface area contributed by atoms with Gasteiger partial charge in [-0.1, -0.05) is 6.07 Å². The van der Waals surface area contributed by atoms with Crippen LogP contribution in [0, 0.1) is 0 Å². The van der Waals surface area contributed by atoms with E-state index in [1.807, 2.05) is 18.2 Å². The van der Waals surface area contributed by atoms with Crippen LogP contribution in [0.5, 0.6) is 5.88 Å². The van der Waals surface area contributed by atoms with E-state index in [9.17, 15) is 0 Å². The molecule has 0 fully saturated rings. The molecule has 0 aliphatic carbocycles. The first-order chi connectivity index (χ1) is 7.76. The van der Waals surface area contributed by atoms with Gasteiger partial charge in [0.1, 0.15) is 5.82 Å². The largest absolute Gasteiger partial charge is 0.480 e. The number of hydrogen-bond donors (Lipinski definition) is 1. The van der Waals surface area contributed by atoms with E-state index in [0.29, 0.717) is 24.7 Å². The van der Waals surface area contributed by atoms with Gasteiger partial charge in [0.25, 0.3) is 0 Å². The molecule has 0 atom stereocenters. The molecule has 0 bridgehead atoms. The first kappa shape index (κ1) is 11.3. The lowest BCUT2D eigenvalue weighted by molar-refractivity contribution is 0.400. The van der Waals surface area contributed by atoms with E-state index in [1.54, 1.807) is 7.11 Å². The number of ether oxygens (including phenoxy) is 1. The lowest BCUT2D eigenvalue weighted by Crippen LogP contribution is -2.07. The van der Waals surface area contributed by atoms with Crippen molar-refractivity contribution in [2.75, 3.05) is 13.7 Å². The summed E-state index contributed by atoms with van der Waals surface area (Å²) < 4.78 is 6.19. The summed E-state index contributed by atoms with van der Waals surface area (Å²) >= 11 is 3.47. The maximum Gasteiger partial charge on any atom is 0.224 e. The first-order valence-electron chi connectivity index (χ1n) is 4.95. The lowest BCUT2D eigenvalue weighted by atomic mass is 10.2. The maximum absolute atomic E-state index is 5.50. The van der Waals surface area contributed by atoms with Gasteiger partial charge in [-0.3, -0.25) is 0 Å². The Kier molecular flexibility index (Phi) is 3.36. The summed E-state index contributed by atoms with van der Waals surface area (Å²) in [5, 5.41) is 0.901. The summed E-state index contributed by atoms with van der Waals surface area (Å²) in [6.07, 6.45) is 0.646. The van der Waals surface area contributed by atoms with Crippen LogP contribution in [0.1, 0.15) is 5.82 Å². The van der Waals surface area contributed by atoms with Crippen molar-refractivity contribution in [1.82, 2.24) is 9.97 Å². The molecule has 1 aromatic carbocycles. The Morgan fingerprint density at radius 3 is 2.88 bits per heavy atom. The third kappa shape index (κ3) is 2.01. The molecular formula is C11H12BrN3O. The van der Waals surface area contributed by atoms with E-state index in [-0.39, 0.29) is 0 Å². The van der Waals surface area contributed by atoms with Crippen molar-refractivity contribution in [3.63, 3.8) is 0 Å². The standard InChI is InChI=1S/C11H12BrN3O/c1-16-11-7-3-2-4-8(12)10(7)14-9(15-11)5-6-13/h2-4H,5-6,13H2,1H3. The zero-order chi connectivity index (χ0) is 11.5. The fourth-order valence-electron chi connectivity index (χ4n) is 1.53. The third-order valence-corrected chi connectivity index (χ3v) is 2.89. The summed E-state index contributed by atoms with van der Waals surface area (Å²) in [6, 6.07) is 5.81. The van der Waals surface area contributed by atoms with Crippen molar-refractivity contribution in [2.45, 2.75) is 6.42 Å². The predicted octanol–water partition coefficient (Wildman–Crippen LogP) is 1.90. The summed E-state index contributed by atoms with van der Waals surface area (Å²) in [6.45, 7) is 0.527. The van der Waals surface area contributed by atoms with Crippen molar-refractivity contribution in [3.8, 4) is 5.88 Å². The number of benzene rings is 1. The zero-order valence-corrected chi connectivity index (χ0v) is 10.5. The van der Waals surface area contributed by atoms with Crippen LogP contribution >= 0.6 is 15.9 Å². The molecule has 0 saturated heterocycles. The van der Waals surface area contributed by atoms with Crippen LogP contribution in [0.25, 0.3) is 10.9 Å². The molecule has 0 aliphatic rings. The Morgan fingerprint density at radius 2 is 2.19 bits per heavy atom. The second-order valence-electron chi connectivity index (χ2n) is 3.32. The van der Waals surface area contributed by atoms with Crippen LogP contribution in [0.15, 0.2) is 22.7 Å². The smallest absolute Gasteiger partial charge is 0.224 e. The molecule has 2 rings (SSSR count). The average Bonchev–Trinajstić information content (AvgIpc) is 2.30. The van der Waals surface area contributed by atoms with Gasteiger partial charge in [0.15, 0.2) is 0 Å². The SMILES string of the molecule is COc1nc(CCN)nc2c(Br)cccc12. The van der Waals surface area contributed by atoms with E-state index in [4.69, 9.17) is 10.5 Å². The molecule has 0 amide bonds. The molecule has 84 valence electrons. The lowest BCUT2D eigenvalue weighted by Gasteiger charge is -2.07. The summed E-state index contributed by atoms with van der Waals surface area (Å²) in [7, 11) is 1.61. The molecule has 1 heterocycles. The normalized spacial score (nSPS) is 10.7. The van der Waals surface area contributed by atoms with Crippen molar-refractivity contribution >= 4 is 26.8 Å². The zero-order valence-electron chi connectivity index (χ0n) is 8.90. The molecule has 2 N–H and O–H groups in total. The Hall–Kier alpha value is -1.20. The van der Waals surface area contributed by atoms with Crippen molar-refractivity contribution in [3.05, 3.63) is 28.5 Å². The Balaban J connectivity index is 2.69. The quantitative estimate of drug-likeness (QED) is 0.934. The van der Waals surface area contributed by atoms with Gasteiger partial charge in [-0.05, 0) is 34.6 Å². The summed E-state index contributed by atoms with van der Waals surface area (Å²) in [4.78, 5) is 8.77. The second-order valence-corrected chi connectivity index (χ2v) is 4.18. The van der Waals surface area contributed by atoms with Crippen LogP contribution < -0.4 is 10.5 Å². The molecule has 5 heteroatoms. The third-order valence-electron chi connectivity index (χ3n) is 2.25. The monoisotopic (exact) mass is 281 g/mol. The number of nitrogens with two attached hydrogens (primary N) is 1. The molecular weight excluding hydrogens is 270 g/mol. The number of rotatable bonds is 3. The van der Waals surface area contributed by atoms with Gasteiger partial charge in [0.2, 0.25) is 5.88 Å². The molecule has 0 aliphatic heterocycles. The van der Waals surface area contributed by atoms with Gasteiger partial charge in [-0.2, -0.15) is 4.98 Å². The first-order valence-corrected chi connectivity index (χ1v) is 5.74. The summed E-state index contributed by atoms with van der Waals surface area (Å²) in [5.41, 5.74) is 6.36. The van der Waals surface area contributed by atoms with Crippen LogP contribution in [0.3, 0.4) is 0 Å². The van der Waals surface area contributed by atoms with Gasteiger partial charge in [-0.15, -0.1) is 0 Å². The second kappa shape index (κ2) is 4.76. The average molecular weight is 282 g/mol. The van der Waals surface area contributed by atoms with E-state index in [0.717, 1.165) is 15.4 Å². The molecule has 0 radical (unpaired) electrons. The van der Waals surface area contributed by atoms with Crippen LogP contribution in [0.4, 0.5) is 0 Å². The summed E-state index contributed by atoms with van der Waals surface area (Å²) in [5.74, 6) is 1.30. The van der Waals surface area contributed by atoms with E-state index in [1.165, 1.54) is 0 Å². The minimum atomic E-state index is 0.527. The minimum Gasteiger partial charge on any atom is -0.480 e. The van der Waals surface area contributed by atoms with Gasteiger partial charge in [0.05, 0.1) is 18.0 Å². The van der Waals surface area contributed by atoms with Crippen molar-refractivity contribution in [1.29, 1.82) is 0 Å². The number of para-hydroxylation sites is 1. The van der Waals surface area contributed by atoms with Gasteiger partial charge in [0, 0.05) is 10.9 Å². The van der Waals surface area contributed by atoms with Gasteiger partial charge in [-0.25, -0.2) is 4.98 Å². The van der Waals surface area contributed by atoms with E-state index >= 15 is 0 Å². The molecule has 0 unspecified atom stereocenters. The van der Waals surface area contributed by atoms with Crippen molar-refractivity contribution < 1.29 is 4.74 Å². The fourth-order valence-corrected chi connectivity index (χ4v) is 1.98. The van der Waals surface area contributed by atoms with Gasteiger partial charge >= 0.3 is 0 Å². The molecule has 4 nitrogen and oxygen atoms in total. The number of fused-ring (bicyclic) bond motifs is 1.